The lowest BCUT2D eigenvalue weighted by Crippen LogP contribution is -2.43. The number of carbonyl (C=O) groups excluding carboxylic acids is 1. The Morgan fingerprint density at radius 1 is 0.972 bits per heavy atom. The van der Waals surface area contributed by atoms with Crippen LogP contribution in [0.25, 0.3) is 21.6 Å². The van der Waals surface area contributed by atoms with Gasteiger partial charge in [-0.1, -0.05) is 53.6 Å². The van der Waals surface area contributed by atoms with Gasteiger partial charge in [0.15, 0.2) is 23.3 Å². The van der Waals surface area contributed by atoms with Gasteiger partial charge >= 0.3 is 12.1 Å². The highest BCUT2D eigenvalue weighted by atomic mass is 19.2. The molecule has 1 amide bonds. The lowest BCUT2D eigenvalue weighted by Gasteiger charge is -2.18. The number of fused-ring (bicyclic) bond motifs is 3. The topological polar surface area (TPSA) is 124 Å². The molecule has 36 heavy (non-hydrogen) atoms. The van der Waals surface area contributed by atoms with Crippen molar-refractivity contribution in [3.63, 3.8) is 0 Å². The standard InChI is InChI=1S/C24H16F4N4O4/c25-18-15(19(26)21(28)22(20(18)27)31-32-29)9-17(23(33)34)30-24(35)36-10-16-13-7-3-1-5-11(13)12-6-2-4-8-14(12)16/h1-8,16-17H,9-10H2,(H,30,35)(H,33,34)/t17-/m0/s1. The molecule has 0 fully saturated rings. The smallest absolute Gasteiger partial charge is 0.407 e. The van der Waals surface area contributed by atoms with Gasteiger partial charge in [0.25, 0.3) is 0 Å². The van der Waals surface area contributed by atoms with E-state index in [4.69, 9.17) is 10.3 Å². The molecule has 1 aliphatic rings. The molecule has 0 spiro atoms. The molecule has 12 heteroatoms. The van der Waals surface area contributed by atoms with Gasteiger partial charge in [-0.05, 0) is 27.8 Å². The molecular weight excluding hydrogens is 484 g/mol. The molecule has 4 rings (SSSR count). The molecule has 0 radical (unpaired) electrons. The zero-order valence-electron chi connectivity index (χ0n) is 18.2. The number of hydrogen-bond donors (Lipinski definition) is 2. The van der Waals surface area contributed by atoms with Crippen LogP contribution in [0.5, 0.6) is 0 Å². The zero-order chi connectivity index (χ0) is 26.0. The molecule has 2 N–H and O–H groups in total. The van der Waals surface area contributed by atoms with Crippen LogP contribution < -0.4 is 5.32 Å². The fourth-order valence-corrected chi connectivity index (χ4v) is 4.16. The Hall–Kier alpha value is -4.57. The van der Waals surface area contributed by atoms with Crippen molar-refractivity contribution in [2.45, 2.75) is 18.4 Å². The van der Waals surface area contributed by atoms with E-state index < -0.39 is 59.0 Å². The maximum absolute atomic E-state index is 14.3. The summed E-state index contributed by atoms with van der Waals surface area (Å²) in [5.74, 6) is -9.95. The minimum atomic E-state index is -1.99. The van der Waals surface area contributed by atoms with Crippen LogP contribution in [0.2, 0.25) is 0 Å². The minimum Gasteiger partial charge on any atom is -0.480 e. The van der Waals surface area contributed by atoms with E-state index in [-0.39, 0.29) is 12.5 Å². The number of rotatable bonds is 7. The second kappa shape index (κ2) is 9.96. The van der Waals surface area contributed by atoms with Crippen LogP contribution >= 0.6 is 0 Å². The fraction of sp³-hybridized carbons (Fsp3) is 0.167. The quantitative estimate of drug-likeness (QED) is 0.142. The number of nitrogens with zero attached hydrogens (tertiary/aromatic N) is 3. The summed E-state index contributed by atoms with van der Waals surface area (Å²) in [6, 6.07) is 13.0. The first-order valence-electron chi connectivity index (χ1n) is 10.5. The first-order chi connectivity index (χ1) is 17.2. The number of carbonyl (C=O) groups is 2. The third-order valence-corrected chi connectivity index (χ3v) is 5.82. The summed E-state index contributed by atoms with van der Waals surface area (Å²) in [7, 11) is 0. The Bertz CT molecular complexity index is 1350. The third kappa shape index (κ3) is 4.41. The zero-order valence-corrected chi connectivity index (χ0v) is 18.2. The Labute approximate surface area is 200 Å². The number of hydrogen-bond acceptors (Lipinski definition) is 4. The van der Waals surface area contributed by atoms with Crippen molar-refractivity contribution in [2.24, 2.45) is 5.11 Å². The third-order valence-electron chi connectivity index (χ3n) is 5.82. The van der Waals surface area contributed by atoms with Gasteiger partial charge in [0.2, 0.25) is 0 Å². The summed E-state index contributed by atoms with van der Waals surface area (Å²) in [4.78, 5) is 26.1. The lowest BCUT2D eigenvalue weighted by atomic mass is 9.98. The van der Waals surface area contributed by atoms with E-state index in [1.54, 1.807) is 0 Å². The van der Waals surface area contributed by atoms with Crippen LogP contribution in [0.4, 0.5) is 28.0 Å². The minimum absolute atomic E-state index is 0.168. The van der Waals surface area contributed by atoms with E-state index >= 15 is 0 Å². The van der Waals surface area contributed by atoms with E-state index in [0.29, 0.717) is 0 Å². The molecule has 1 atom stereocenters. The second-order valence-corrected chi connectivity index (χ2v) is 7.84. The molecule has 0 saturated carbocycles. The highest BCUT2D eigenvalue weighted by molar-refractivity contribution is 5.81. The van der Waals surface area contributed by atoms with Gasteiger partial charge in [-0.25, -0.2) is 27.2 Å². The van der Waals surface area contributed by atoms with Crippen LogP contribution in [0, 0.1) is 23.3 Å². The second-order valence-electron chi connectivity index (χ2n) is 7.84. The molecule has 0 heterocycles. The molecule has 0 unspecified atom stereocenters. The van der Waals surface area contributed by atoms with Crippen LogP contribution in [-0.4, -0.2) is 29.8 Å². The number of aliphatic carboxylic acids is 1. The summed E-state index contributed by atoms with van der Waals surface area (Å²) in [6.07, 6.45) is -2.36. The molecule has 0 bridgehead atoms. The Morgan fingerprint density at radius 2 is 1.50 bits per heavy atom. The van der Waals surface area contributed by atoms with Gasteiger partial charge in [0.05, 0.1) is 0 Å². The maximum atomic E-state index is 14.3. The molecule has 0 aliphatic heterocycles. The normalized spacial score (nSPS) is 12.8. The summed E-state index contributed by atoms with van der Waals surface area (Å²) in [5.41, 5.74) is 9.22. The predicted molar refractivity (Wildman–Crippen MR) is 118 cm³/mol. The Kier molecular flexibility index (Phi) is 6.80. The van der Waals surface area contributed by atoms with E-state index in [0.717, 1.165) is 22.3 Å². The average Bonchev–Trinajstić information content (AvgIpc) is 3.19. The molecule has 0 saturated heterocycles. The number of carboxylic acids is 1. The highest BCUT2D eigenvalue weighted by Crippen LogP contribution is 2.44. The average molecular weight is 500 g/mol. The number of azide groups is 1. The van der Waals surface area contributed by atoms with Crippen molar-refractivity contribution in [1.82, 2.24) is 5.32 Å². The van der Waals surface area contributed by atoms with Crippen LogP contribution in [-0.2, 0) is 16.0 Å². The van der Waals surface area contributed by atoms with Crippen molar-refractivity contribution >= 4 is 17.7 Å². The van der Waals surface area contributed by atoms with Crippen LogP contribution in [0.1, 0.15) is 22.6 Å². The van der Waals surface area contributed by atoms with Gasteiger partial charge < -0.3 is 15.2 Å². The van der Waals surface area contributed by atoms with Gasteiger partial charge in [-0.3, -0.25) is 0 Å². The molecule has 0 aromatic heterocycles. The molecular formula is C24H16F4N4O4. The number of halogens is 4. The maximum Gasteiger partial charge on any atom is 0.407 e. The SMILES string of the molecule is [N-]=[N+]=Nc1c(F)c(F)c(C[C@H](NC(=O)OCC2c3ccccc3-c3ccccc32)C(=O)O)c(F)c1F. The molecule has 3 aromatic carbocycles. The largest absolute Gasteiger partial charge is 0.480 e. The van der Waals surface area contributed by atoms with Gasteiger partial charge in [0.1, 0.15) is 18.3 Å². The van der Waals surface area contributed by atoms with Crippen molar-refractivity contribution < 1.29 is 37.0 Å². The van der Waals surface area contributed by atoms with Crippen LogP contribution in [0.15, 0.2) is 53.6 Å². The summed E-state index contributed by atoms with van der Waals surface area (Å²) >= 11 is 0. The fourth-order valence-electron chi connectivity index (χ4n) is 4.16. The predicted octanol–water partition coefficient (Wildman–Crippen LogP) is 5.72. The van der Waals surface area contributed by atoms with E-state index in [1.807, 2.05) is 53.8 Å². The number of nitrogens with one attached hydrogen (secondary N) is 1. The summed E-state index contributed by atoms with van der Waals surface area (Å²) < 4.78 is 61.9. The van der Waals surface area contributed by atoms with Gasteiger partial charge in [-0.15, -0.1) is 0 Å². The molecule has 3 aromatic rings. The van der Waals surface area contributed by atoms with E-state index in [2.05, 4.69) is 10.0 Å². The number of ether oxygens (including phenoxy) is 1. The summed E-state index contributed by atoms with van der Waals surface area (Å²) in [6.45, 7) is -0.168. The number of benzene rings is 3. The molecule has 8 nitrogen and oxygen atoms in total. The Balaban J connectivity index is 1.51. The molecule has 1 aliphatic carbocycles. The van der Waals surface area contributed by atoms with Gasteiger partial charge in [-0.2, -0.15) is 0 Å². The van der Waals surface area contributed by atoms with Crippen LogP contribution in [0.3, 0.4) is 0 Å². The van der Waals surface area contributed by atoms with Gasteiger partial charge in [0, 0.05) is 22.8 Å². The van der Waals surface area contributed by atoms with Crippen molar-refractivity contribution in [3.8, 4) is 11.1 Å². The number of alkyl carbamates (subject to hydrolysis) is 1. The lowest BCUT2D eigenvalue weighted by molar-refractivity contribution is -0.139. The highest BCUT2D eigenvalue weighted by Gasteiger charge is 2.32. The van der Waals surface area contributed by atoms with Crippen molar-refractivity contribution in [2.75, 3.05) is 6.61 Å². The Morgan fingerprint density at radius 3 is 2.00 bits per heavy atom. The molecule has 184 valence electrons. The number of carboxylic acid groups (broad SMARTS) is 1. The van der Waals surface area contributed by atoms with E-state index in [1.165, 1.54) is 0 Å². The first kappa shape index (κ1) is 24.6. The van der Waals surface area contributed by atoms with Crippen molar-refractivity contribution in [1.29, 1.82) is 0 Å². The van der Waals surface area contributed by atoms with Crippen molar-refractivity contribution in [3.05, 3.63) is 98.9 Å². The number of amides is 1. The monoisotopic (exact) mass is 500 g/mol. The van der Waals surface area contributed by atoms with E-state index in [9.17, 15) is 32.3 Å². The first-order valence-corrected chi connectivity index (χ1v) is 10.5. The summed E-state index contributed by atoms with van der Waals surface area (Å²) in [5, 5.41) is 13.9.